The summed E-state index contributed by atoms with van der Waals surface area (Å²) in [6.45, 7) is 0. The highest BCUT2D eigenvalue weighted by Gasteiger charge is 2.28. The van der Waals surface area contributed by atoms with Gasteiger partial charge in [-0.2, -0.15) is 0 Å². The van der Waals surface area contributed by atoms with Crippen molar-refractivity contribution in [3.05, 3.63) is 26.0 Å². The van der Waals surface area contributed by atoms with E-state index in [-0.39, 0.29) is 5.69 Å². The van der Waals surface area contributed by atoms with Gasteiger partial charge in [-0.1, -0.05) is 23.4 Å². The molecule has 3 rings (SSSR count). The van der Waals surface area contributed by atoms with Crippen LogP contribution >= 0.6 is 34.7 Å². The Morgan fingerprint density at radius 2 is 2.47 bits per heavy atom. The molecule has 1 N–H and O–H groups in total. The SMILES string of the molecule is O=c1[nH]nc(SCc2cnc(Cl)s2)n1C1CC1. The lowest BCUT2D eigenvalue weighted by molar-refractivity contribution is 0.642. The molecule has 2 heterocycles. The summed E-state index contributed by atoms with van der Waals surface area (Å²) in [6.07, 6.45) is 3.89. The van der Waals surface area contributed by atoms with Gasteiger partial charge in [0.05, 0.1) is 0 Å². The van der Waals surface area contributed by atoms with Crippen LogP contribution in [-0.2, 0) is 5.75 Å². The number of hydrogen-bond donors (Lipinski definition) is 1. The average molecular weight is 289 g/mol. The molecule has 0 bridgehead atoms. The van der Waals surface area contributed by atoms with Crippen molar-refractivity contribution in [2.24, 2.45) is 0 Å². The van der Waals surface area contributed by atoms with Gasteiger partial charge < -0.3 is 0 Å². The summed E-state index contributed by atoms with van der Waals surface area (Å²) in [5.74, 6) is 0.738. The zero-order chi connectivity index (χ0) is 11.8. The highest BCUT2D eigenvalue weighted by Crippen LogP contribution is 2.36. The van der Waals surface area contributed by atoms with Gasteiger partial charge in [0.15, 0.2) is 9.62 Å². The zero-order valence-electron chi connectivity index (χ0n) is 8.72. The molecule has 17 heavy (non-hydrogen) atoms. The van der Waals surface area contributed by atoms with E-state index in [1.807, 2.05) is 0 Å². The van der Waals surface area contributed by atoms with Crippen molar-refractivity contribution in [2.45, 2.75) is 29.8 Å². The summed E-state index contributed by atoms with van der Waals surface area (Å²) in [6, 6.07) is 0.341. The Morgan fingerprint density at radius 1 is 1.65 bits per heavy atom. The van der Waals surface area contributed by atoms with Crippen LogP contribution in [0.1, 0.15) is 23.8 Å². The first-order chi connectivity index (χ1) is 8.24. The van der Waals surface area contributed by atoms with Crippen LogP contribution in [0.3, 0.4) is 0 Å². The summed E-state index contributed by atoms with van der Waals surface area (Å²) in [5, 5.41) is 7.29. The molecule has 0 unspecified atom stereocenters. The lowest BCUT2D eigenvalue weighted by Gasteiger charge is -2.01. The Kier molecular flexibility index (Phi) is 2.97. The second kappa shape index (κ2) is 4.47. The van der Waals surface area contributed by atoms with Crippen LogP contribution < -0.4 is 5.69 Å². The summed E-state index contributed by atoms with van der Waals surface area (Å²) in [5.41, 5.74) is -0.114. The van der Waals surface area contributed by atoms with Gasteiger partial charge in [0, 0.05) is 22.9 Å². The van der Waals surface area contributed by atoms with Crippen LogP contribution in [0.25, 0.3) is 0 Å². The van der Waals surface area contributed by atoms with Crippen molar-refractivity contribution in [3.8, 4) is 0 Å². The molecule has 0 spiro atoms. The van der Waals surface area contributed by atoms with Gasteiger partial charge in [-0.3, -0.25) is 4.57 Å². The average Bonchev–Trinajstić information content (AvgIpc) is 2.95. The minimum atomic E-state index is -0.114. The summed E-state index contributed by atoms with van der Waals surface area (Å²) < 4.78 is 2.29. The molecular formula is C9H9ClN4OS2. The maximum atomic E-state index is 11.5. The predicted octanol–water partition coefficient (Wildman–Crippen LogP) is 2.31. The zero-order valence-corrected chi connectivity index (χ0v) is 11.1. The molecule has 0 aliphatic heterocycles. The van der Waals surface area contributed by atoms with E-state index in [2.05, 4.69) is 15.2 Å². The van der Waals surface area contributed by atoms with Crippen molar-refractivity contribution < 1.29 is 0 Å². The third-order valence-corrected chi connectivity index (χ3v) is 4.75. The maximum Gasteiger partial charge on any atom is 0.344 e. The van der Waals surface area contributed by atoms with Gasteiger partial charge in [-0.25, -0.2) is 14.9 Å². The van der Waals surface area contributed by atoms with E-state index in [0.29, 0.717) is 10.5 Å². The van der Waals surface area contributed by atoms with E-state index < -0.39 is 0 Å². The standard InChI is InChI=1S/C9H9ClN4OS2/c10-7-11-3-6(17-7)4-16-9-13-12-8(15)14(9)5-1-2-5/h3,5H,1-2,4H2,(H,12,15). The Labute approximate surface area is 110 Å². The number of nitrogens with zero attached hydrogens (tertiary/aromatic N) is 3. The highest BCUT2D eigenvalue weighted by molar-refractivity contribution is 7.98. The number of aromatic nitrogens is 4. The van der Waals surface area contributed by atoms with E-state index in [4.69, 9.17) is 11.6 Å². The Balaban J connectivity index is 1.75. The molecule has 0 saturated heterocycles. The van der Waals surface area contributed by atoms with Crippen LogP contribution in [0.15, 0.2) is 16.1 Å². The number of H-pyrrole nitrogens is 1. The molecule has 5 nitrogen and oxygen atoms in total. The Hall–Kier alpha value is -0.790. The first-order valence-electron chi connectivity index (χ1n) is 5.14. The number of aromatic amines is 1. The van der Waals surface area contributed by atoms with Crippen LogP contribution in [-0.4, -0.2) is 19.7 Å². The van der Waals surface area contributed by atoms with Gasteiger partial charge >= 0.3 is 5.69 Å². The second-order valence-electron chi connectivity index (χ2n) is 3.78. The fraction of sp³-hybridized carbons (Fsp3) is 0.444. The van der Waals surface area contributed by atoms with Crippen molar-refractivity contribution >= 4 is 34.7 Å². The number of thiazole rings is 1. The molecule has 1 aliphatic rings. The number of hydrogen-bond acceptors (Lipinski definition) is 5. The molecule has 1 fully saturated rings. The smallest absolute Gasteiger partial charge is 0.267 e. The number of rotatable bonds is 4. The predicted molar refractivity (Wildman–Crippen MR) is 67.8 cm³/mol. The summed E-state index contributed by atoms with van der Waals surface area (Å²) >= 11 is 8.75. The lowest BCUT2D eigenvalue weighted by Crippen LogP contribution is -2.16. The van der Waals surface area contributed by atoms with E-state index in [0.717, 1.165) is 28.6 Å². The van der Waals surface area contributed by atoms with Gasteiger partial charge in [-0.15, -0.1) is 16.4 Å². The topological polar surface area (TPSA) is 63.6 Å². The van der Waals surface area contributed by atoms with Crippen molar-refractivity contribution in [1.29, 1.82) is 0 Å². The maximum absolute atomic E-state index is 11.5. The second-order valence-corrected chi connectivity index (χ2v) is 6.42. The molecule has 2 aromatic rings. The molecular weight excluding hydrogens is 280 g/mol. The molecule has 0 radical (unpaired) electrons. The molecule has 0 aromatic carbocycles. The van der Waals surface area contributed by atoms with E-state index in [9.17, 15) is 4.79 Å². The van der Waals surface area contributed by atoms with E-state index in [1.54, 1.807) is 10.8 Å². The Bertz CT molecular complexity index is 586. The third kappa shape index (κ3) is 2.41. The van der Waals surface area contributed by atoms with Crippen LogP contribution in [0.2, 0.25) is 4.47 Å². The van der Waals surface area contributed by atoms with Crippen LogP contribution in [0.4, 0.5) is 0 Å². The highest BCUT2D eigenvalue weighted by atomic mass is 35.5. The van der Waals surface area contributed by atoms with Gasteiger partial charge in [0.1, 0.15) is 0 Å². The van der Waals surface area contributed by atoms with E-state index >= 15 is 0 Å². The lowest BCUT2D eigenvalue weighted by atomic mass is 10.6. The quantitative estimate of drug-likeness (QED) is 0.877. The number of nitrogens with one attached hydrogen (secondary N) is 1. The first kappa shape index (κ1) is 11.3. The van der Waals surface area contributed by atoms with Crippen LogP contribution in [0, 0.1) is 0 Å². The minimum Gasteiger partial charge on any atom is -0.267 e. The fourth-order valence-corrected chi connectivity index (χ4v) is 3.55. The van der Waals surface area contributed by atoms with Crippen molar-refractivity contribution in [3.63, 3.8) is 0 Å². The van der Waals surface area contributed by atoms with Crippen molar-refractivity contribution in [2.75, 3.05) is 0 Å². The molecule has 2 aromatic heterocycles. The monoisotopic (exact) mass is 288 g/mol. The van der Waals surface area contributed by atoms with Gasteiger partial charge in [0.2, 0.25) is 0 Å². The largest absolute Gasteiger partial charge is 0.344 e. The number of thioether (sulfide) groups is 1. The van der Waals surface area contributed by atoms with E-state index in [1.165, 1.54) is 23.1 Å². The third-order valence-electron chi connectivity index (χ3n) is 2.45. The summed E-state index contributed by atoms with van der Waals surface area (Å²) in [7, 11) is 0. The molecule has 1 saturated carbocycles. The fourth-order valence-electron chi connectivity index (χ4n) is 1.53. The van der Waals surface area contributed by atoms with Gasteiger partial charge in [-0.05, 0) is 12.8 Å². The number of halogens is 1. The molecule has 8 heteroatoms. The van der Waals surface area contributed by atoms with Gasteiger partial charge in [0.25, 0.3) is 0 Å². The molecule has 0 atom stereocenters. The molecule has 90 valence electrons. The summed E-state index contributed by atoms with van der Waals surface area (Å²) in [4.78, 5) is 16.6. The first-order valence-corrected chi connectivity index (χ1v) is 7.32. The molecule has 1 aliphatic carbocycles. The Morgan fingerprint density at radius 3 is 3.12 bits per heavy atom. The van der Waals surface area contributed by atoms with Crippen molar-refractivity contribution in [1.82, 2.24) is 19.7 Å². The minimum absolute atomic E-state index is 0.114. The molecule has 0 amide bonds. The van der Waals surface area contributed by atoms with Crippen LogP contribution in [0.5, 0.6) is 0 Å². The normalized spacial score (nSPS) is 15.4.